The Labute approximate surface area is 131 Å². The molecular formula is C18H36N2O. The third-order valence-electron chi connectivity index (χ3n) is 5.95. The molecule has 0 bridgehead atoms. The van der Waals surface area contributed by atoms with Gasteiger partial charge in [0.05, 0.1) is 6.61 Å². The normalized spacial score (nSPS) is 30.6. The van der Waals surface area contributed by atoms with Gasteiger partial charge in [0.25, 0.3) is 0 Å². The van der Waals surface area contributed by atoms with Gasteiger partial charge in [0, 0.05) is 32.3 Å². The molecule has 0 aromatic heterocycles. The van der Waals surface area contributed by atoms with E-state index in [1.165, 1.54) is 38.6 Å². The number of nitrogens with zero attached hydrogens (tertiary/aromatic N) is 1. The molecule has 2 aliphatic rings. The minimum absolute atomic E-state index is 0.424. The molecule has 3 atom stereocenters. The molecule has 2 saturated carbocycles. The molecule has 0 radical (unpaired) electrons. The lowest BCUT2D eigenvalue weighted by Crippen LogP contribution is -2.53. The monoisotopic (exact) mass is 296 g/mol. The molecule has 124 valence electrons. The summed E-state index contributed by atoms with van der Waals surface area (Å²) in [6.07, 6.45) is 6.96. The summed E-state index contributed by atoms with van der Waals surface area (Å²) in [5.41, 5.74) is 0.424. The fraction of sp³-hybridized carbons (Fsp3) is 1.00. The molecule has 21 heavy (non-hydrogen) atoms. The van der Waals surface area contributed by atoms with E-state index in [9.17, 15) is 0 Å². The van der Waals surface area contributed by atoms with Crippen LogP contribution in [0.3, 0.4) is 0 Å². The lowest BCUT2D eigenvalue weighted by atomic mass is 9.67. The van der Waals surface area contributed by atoms with Crippen molar-refractivity contribution in [2.24, 2.45) is 17.3 Å². The fourth-order valence-electron chi connectivity index (χ4n) is 4.45. The Morgan fingerprint density at radius 2 is 2.00 bits per heavy atom. The highest BCUT2D eigenvalue weighted by Gasteiger charge is 2.40. The smallest absolute Gasteiger partial charge is 0.0589 e. The van der Waals surface area contributed by atoms with E-state index < -0.39 is 0 Å². The molecule has 0 amide bonds. The number of hydrogen-bond acceptors (Lipinski definition) is 3. The lowest BCUT2D eigenvalue weighted by Gasteiger charge is -2.46. The van der Waals surface area contributed by atoms with Crippen molar-refractivity contribution in [2.75, 3.05) is 33.9 Å². The zero-order valence-electron chi connectivity index (χ0n) is 14.8. The van der Waals surface area contributed by atoms with Crippen LogP contribution >= 0.6 is 0 Å². The Balaban J connectivity index is 1.99. The fourth-order valence-corrected chi connectivity index (χ4v) is 4.45. The van der Waals surface area contributed by atoms with Gasteiger partial charge in [-0.25, -0.2) is 0 Å². The van der Waals surface area contributed by atoms with Crippen molar-refractivity contribution < 1.29 is 4.74 Å². The first-order chi connectivity index (χ1) is 9.99. The molecule has 3 unspecified atom stereocenters. The molecule has 2 fully saturated rings. The molecule has 0 saturated heterocycles. The third-order valence-corrected chi connectivity index (χ3v) is 5.95. The van der Waals surface area contributed by atoms with E-state index in [1.807, 2.05) is 7.11 Å². The van der Waals surface area contributed by atoms with E-state index in [0.717, 1.165) is 31.0 Å². The molecule has 2 aliphatic carbocycles. The predicted molar refractivity (Wildman–Crippen MR) is 89.6 cm³/mol. The van der Waals surface area contributed by atoms with Gasteiger partial charge in [0.1, 0.15) is 0 Å². The summed E-state index contributed by atoms with van der Waals surface area (Å²) in [5, 5.41) is 3.63. The molecule has 0 spiro atoms. The topological polar surface area (TPSA) is 24.5 Å². The Morgan fingerprint density at radius 1 is 1.29 bits per heavy atom. The van der Waals surface area contributed by atoms with E-state index in [2.05, 4.69) is 38.0 Å². The van der Waals surface area contributed by atoms with Gasteiger partial charge in [0.15, 0.2) is 0 Å². The number of nitrogens with one attached hydrogen (secondary N) is 1. The average molecular weight is 296 g/mol. The number of rotatable bonds is 8. The van der Waals surface area contributed by atoms with Crippen LogP contribution in [-0.4, -0.2) is 50.8 Å². The highest BCUT2D eigenvalue weighted by atomic mass is 16.5. The second-order valence-electron chi connectivity index (χ2n) is 7.97. The molecule has 1 N–H and O–H groups in total. The SMILES string of the molecule is CNC1C(CN(CCOC)C(C)C2CC2)CCCC1(C)C. The minimum atomic E-state index is 0.424. The van der Waals surface area contributed by atoms with Gasteiger partial charge >= 0.3 is 0 Å². The molecule has 0 heterocycles. The maximum atomic E-state index is 5.35. The summed E-state index contributed by atoms with van der Waals surface area (Å²) in [7, 11) is 3.97. The van der Waals surface area contributed by atoms with Crippen molar-refractivity contribution in [3.8, 4) is 0 Å². The number of methoxy groups -OCH3 is 1. The van der Waals surface area contributed by atoms with Crippen molar-refractivity contribution in [1.29, 1.82) is 0 Å². The Kier molecular flexibility index (Phi) is 6.10. The van der Waals surface area contributed by atoms with Gasteiger partial charge < -0.3 is 10.1 Å². The molecule has 0 aromatic carbocycles. The summed E-state index contributed by atoms with van der Waals surface area (Å²) < 4.78 is 5.35. The van der Waals surface area contributed by atoms with Gasteiger partial charge in [0.2, 0.25) is 0 Å². The highest BCUT2D eigenvalue weighted by molar-refractivity contribution is 4.95. The minimum Gasteiger partial charge on any atom is -0.383 e. The van der Waals surface area contributed by atoms with Gasteiger partial charge in [-0.15, -0.1) is 0 Å². The zero-order valence-corrected chi connectivity index (χ0v) is 14.8. The molecular weight excluding hydrogens is 260 g/mol. The molecule has 2 rings (SSSR count). The summed E-state index contributed by atoms with van der Waals surface area (Å²) >= 11 is 0. The standard InChI is InChI=1S/C18H36N2O/c1-14(15-8-9-15)20(11-12-21-5)13-16-7-6-10-18(2,3)17(16)19-4/h14-17,19H,6-13H2,1-5H3. The molecule has 3 nitrogen and oxygen atoms in total. The Bertz CT molecular complexity index is 314. The van der Waals surface area contributed by atoms with E-state index in [-0.39, 0.29) is 0 Å². The van der Waals surface area contributed by atoms with E-state index in [1.54, 1.807) is 0 Å². The van der Waals surface area contributed by atoms with Crippen molar-refractivity contribution >= 4 is 0 Å². The Morgan fingerprint density at radius 3 is 2.57 bits per heavy atom. The third kappa shape index (κ3) is 4.43. The number of ether oxygens (including phenoxy) is 1. The van der Waals surface area contributed by atoms with E-state index >= 15 is 0 Å². The van der Waals surface area contributed by atoms with Crippen molar-refractivity contribution in [3.63, 3.8) is 0 Å². The van der Waals surface area contributed by atoms with Crippen LogP contribution in [-0.2, 0) is 4.74 Å². The van der Waals surface area contributed by atoms with E-state index in [4.69, 9.17) is 4.74 Å². The van der Waals surface area contributed by atoms with Crippen LogP contribution in [0, 0.1) is 17.3 Å². The van der Waals surface area contributed by atoms with E-state index in [0.29, 0.717) is 11.5 Å². The second-order valence-corrected chi connectivity index (χ2v) is 7.97. The summed E-state index contributed by atoms with van der Waals surface area (Å²) in [5.74, 6) is 1.71. The van der Waals surface area contributed by atoms with Crippen molar-refractivity contribution in [2.45, 2.75) is 65.0 Å². The Hall–Kier alpha value is -0.120. The van der Waals surface area contributed by atoms with Crippen LogP contribution in [0.1, 0.15) is 52.9 Å². The van der Waals surface area contributed by atoms with Crippen molar-refractivity contribution in [3.05, 3.63) is 0 Å². The zero-order chi connectivity index (χ0) is 15.5. The first kappa shape index (κ1) is 17.2. The molecule has 0 aromatic rings. The first-order valence-corrected chi connectivity index (χ1v) is 8.90. The van der Waals surface area contributed by atoms with Crippen LogP contribution in [0.25, 0.3) is 0 Å². The average Bonchev–Trinajstić information content (AvgIpc) is 3.26. The van der Waals surface area contributed by atoms with Crippen LogP contribution in [0.5, 0.6) is 0 Å². The highest BCUT2D eigenvalue weighted by Crippen LogP contribution is 2.40. The predicted octanol–water partition coefficient (Wildman–Crippen LogP) is 3.15. The molecule has 0 aliphatic heterocycles. The molecule has 3 heteroatoms. The lowest BCUT2D eigenvalue weighted by molar-refractivity contribution is 0.0526. The van der Waals surface area contributed by atoms with Gasteiger partial charge in [-0.3, -0.25) is 4.90 Å². The maximum Gasteiger partial charge on any atom is 0.0589 e. The first-order valence-electron chi connectivity index (χ1n) is 8.90. The van der Waals surface area contributed by atoms with Crippen LogP contribution < -0.4 is 5.32 Å². The maximum absolute atomic E-state index is 5.35. The van der Waals surface area contributed by atoms with Gasteiger partial charge in [-0.2, -0.15) is 0 Å². The second kappa shape index (κ2) is 7.43. The van der Waals surface area contributed by atoms with Crippen LogP contribution in [0.15, 0.2) is 0 Å². The summed E-state index contributed by atoms with van der Waals surface area (Å²) in [4.78, 5) is 2.71. The summed E-state index contributed by atoms with van der Waals surface area (Å²) in [6.45, 7) is 10.5. The van der Waals surface area contributed by atoms with Gasteiger partial charge in [-0.1, -0.05) is 20.3 Å². The largest absolute Gasteiger partial charge is 0.383 e. The van der Waals surface area contributed by atoms with Crippen LogP contribution in [0.2, 0.25) is 0 Å². The van der Waals surface area contributed by atoms with Crippen LogP contribution in [0.4, 0.5) is 0 Å². The quantitative estimate of drug-likeness (QED) is 0.745. The van der Waals surface area contributed by atoms with Gasteiger partial charge in [-0.05, 0) is 56.9 Å². The number of hydrogen-bond donors (Lipinski definition) is 1. The van der Waals surface area contributed by atoms with Crippen molar-refractivity contribution in [1.82, 2.24) is 10.2 Å². The summed E-state index contributed by atoms with van der Waals surface area (Å²) in [6, 6.07) is 1.37.